The first-order valence-electron chi connectivity index (χ1n) is 21.3. The molecule has 1 aliphatic heterocycles. The molecule has 1 unspecified atom stereocenters. The molecule has 0 aromatic heterocycles. The van der Waals surface area contributed by atoms with Crippen LogP contribution >= 0.6 is 0 Å². The molecule has 17 nitrogen and oxygen atoms in total. The maximum absolute atomic E-state index is 14.3. The molecule has 0 radical (unpaired) electrons. The number of amides is 4. The monoisotopic (exact) mass is 862 g/mol. The van der Waals surface area contributed by atoms with Gasteiger partial charge in [-0.25, -0.2) is 9.59 Å². The van der Waals surface area contributed by atoms with Gasteiger partial charge < -0.3 is 50.2 Å². The first kappa shape index (κ1) is 52.5. The molecule has 10 atom stereocenters. The van der Waals surface area contributed by atoms with E-state index < -0.39 is 91.1 Å². The van der Waals surface area contributed by atoms with Gasteiger partial charge in [0.25, 0.3) is 0 Å². The molecule has 0 spiro atoms. The van der Waals surface area contributed by atoms with E-state index in [0.717, 1.165) is 0 Å². The predicted molar refractivity (Wildman–Crippen MR) is 227 cm³/mol. The molecule has 0 bridgehead atoms. The van der Waals surface area contributed by atoms with Crippen LogP contribution in [0.1, 0.15) is 92.6 Å². The van der Waals surface area contributed by atoms with Crippen LogP contribution in [0.15, 0.2) is 30.3 Å². The third-order valence-corrected chi connectivity index (χ3v) is 11.8. The third-order valence-electron chi connectivity index (χ3n) is 11.8. The Labute approximate surface area is 361 Å². The number of nitrogens with zero attached hydrogens (tertiary/aromatic N) is 2. The number of methoxy groups -OCH3 is 2. The molecule has 5 N–H and O–H groups in total. The van der Waals surface area contributed by atoms with E-state index in [9.17, 15) is 38.7 Å². The average molecular weight is 862 g/mol. The van der Waals surface area contributed by atoms with Gasteiger partial charge in [0.15, 0.2) is 6.10 Å². The maximum Gasteiger partial charge on any atom is 0.345 e. The van der Waals surface area contributed by atoms with Crippen molar-refractivity contribution in [2.24, 2.45) is 23.7 Å². The van der Waals surface area contributed by atoms with Crippen LogP contribution in [0.2, 0.25) is 0 Å². The molecule has 0 saturated carbocycles. The quantitative estimate of drug-likeness (QED) is 0.0846. The van der Waals surface area contributed by atoms with E-state index in [1.165, 1.54) is 14.2 Å². The number of hydrogen-bond donors (Lipinski definition) is 5. The minimum atomic E-state index is -1.74. The maximum atomic E-state index is 14.3. The van der Waals surface area contributed by atoms with Crippen molar-refractivity contribution < 1.29 is 58.0 Å². The smallest absolute Gasteiger partial charge is 0.345 e. The molecule has 0 aliphatic carbocycles. The minimum Gasteiger partial charge on any atom is -0.481 e. The van der Waals surface area contributed by atoms with Crippen molar-refractivity contribution in [3.63, 3.8) is 0 Å². The highest BCUT2D eigenvalue weighted by atomic mass is 16.6. The number of carbonyl (C=O) groups is 7. The molecule has 17 heteroatoms. The molecule has 4 amide bonds. The van der Waals surface area contributed by atoms with Crippen molar-refractivity contribution in [3.8, 4) is 0 Å². The summed E-state index contributed by atoms with van der Waals surface area (Å²) in [5.74, 6) is -6.50. The van der Waals surface area contributed by atoms with Crippen LogP contribution in [0.25, 0.3) is 0 Å². The summed E-state index contributed by atoms with van der Waals surface area (Å²) in [6.07, 6.45) is -2.59. The lowest BCUT2D eigenvalue weighted by atomic mass is 9.89. The second-order valence-corrected chi connectivity index (χ2v) is 16.8. The lowest BCUT2D eigenvalue weighted by Gasteiger charge is -2.41. The number of carboxylic acids is 2. The summed E-state index contributed by atoms with van der Waals surface area (Å²) in [7, 11) is 6.31. The van der Waals surface area contributed by atoms with Gasteiger partial charge >= 0.3 is 17.9 Å². The Bertz CT molecular complexity index is 1610. The van der Waals surface area contributed by atoms with Crippen molar-refractivity contribution >= 4 is 41.5 Å². The number of carbonyl (C=O) groups excluding carboxylic acids is 5. The molecule has 1 heterocycles. The highest BCUT2D eigenvalue weighted by Gasteiger charge is 2.43. The molecular formula is C44H71N5O12. The fourth-order valence-corrected chi connectivity index (χ4v) is 8.11. The SMILES string of the molecule is CC[C@H](C)[C@@H]([C@@H](CC(=O)N1CCC[C@H]1[C@H](OC)[C@@H](C)C(=O)N[C@@H](Cc1ccccc1)C(=O)OC(CCC(=O)O)C(=O)O)OC)N(C)C(=O)[C@@H](NC(=O)[C@@H](NC)C(C)C)C(C)C. The standard InChI is InChI=1S/C44H71N5O12/c1-12-27(6)38(48(9)42(55)37(26(4)5)47-41(54)36(45-8)25(2)3)33(59-10)24-34(50)49-22-16-19-31(49)39(60-11)28(7)40(53)46-30(23-29-17-14-13-15-18-29)44(58)61-32(43(56)57)20-21-35(51)52/h13-15,17-18,25-28,30-33,36-39,45H,12,16,19-24H2,1-11H3,(H,46,53)(H,47,54)(H,51,52)(H,56,57)/t27-,28+,30-,31-,32?,33+,36-,37-,38-,39+/m0/s1. The van der Waals surface area contributed by atoms with Crippen LogP contribution in [0.4, 0.5) is 0 Å². The molecule has 1 saturated heterocycles. The number of likely N-dealkylation sites (N-methyl/N-ethyl adjacent to an activating group) is 2. The summed E-state index contributed by atoms with van der Waals surface area (Å²) < 4.78 is 17.1. The topological polar surface area (TPSA) is 230 Å². The second kappa shape index (κ2) is 25.4. The summed E-state index contributed by atoms with van der Waals surface area (Å²) in [6, 6.07) is 5.01. The number of ether oxygens (including phenoxy) is 3. The van der Waals surface area contributed by atoms with Crippen molar-refractivity contribution in [1.29, 1.82) is 0 Å². The molecule has 2 rings (SSSR count). The largest absolute Gasteiger partial charge is 0.481 e. The van der Waals surface area contributed by atoms with Gasteiger partial charge in [0.05, 0.1) is 42.7 Å². The van der Waals surface area contributed by atoms with Gasteiger partial charge in [-0.3, -0.25) is 24.0 Å². The van der Waals surface area contributed by atoms with E-state index in [4.69, 9.17) is 19.3 Å². The van der Waals surface area contributed by atoms with Crippen molar-refractivity contribution in [2.45, 2.75) is 142 Å². The van der Waals surface area contributed by atoms with E-state index in [1.54, 1.807) is 61.2 Å². The number of esters is 1. The van der Waals surface area contributed by atoms with Crippen LogP contribution in [-0.2, 0) is 54.2 Å². The lowest BCUT2D eigenvalue weighted by Crippen LogP contribution is -2.59. The Hall–Kier alpha value is -4.61. The van der Waals surface area contributed by atoms with Gasteiger partial charge in [-0.2, -0.15) is 0 Å². The number of hydrogen-bond acceptors (Lipinski definition) is 11. The Morgan fingerprint density at radius 3 is 2.02 bits per heavy atom. The van der Waals surface area contributed by atoms with E-state index in [1.807, 2.05) is 41.5 Å². The zero-order valence-electron chi connectivity index (χ0n) is 37.8. The number of nitrogens with one attached hydrogen (secondary N) is 3. The molecule has 1 aromatic carbocycles. The number of aliphatic carboxylic acids is 2. The van der Waals surface area contributed by atoms with Gasteiger partial charge in [0.2, 0.25) is 23.6 Å². The Morgan fingerprint density at radius 1 is 0.885 bits per heavy atom. The average Bonchev–Trinajstić information content (AvgIpc) is 3.70. The van der Waals surface area contributed by atoms with Crippen LogP contribution < -0.4 is 16.0 Å². The van der Waals surface area contributed by atoms with Crippen molar-refractivity contribution in [1.82, 2.24) is 25.8 Å². The fourth-order valence-electron chi connectivity index (χ4n) is 8.11. The summed E-state index contributed by atoms with van der Waals surface area (Å²) in [4.78, 5) is 95.4. The van der Waals surface area contributed by atoms with Gasteiger partial charge in [-0.05, 0) is 43.2 Å². The molecule has 1 aliphatic rings. The highest BCUT2D eigenvalue weighted by Crippen LogP contribution is 2.30. The first-order valence-corrected chi connectivity index (χ1v) is 21.3. The van der Waals surface area contributed by atoms with Crippen LogP contribution in [0, 0.1) is 23.7 Å². The van der Waals surface area contributed by atoms with Crippen LogP contribution in [0.3, 0.4) is 0 Å². The molecule has 344 valence electrons. The van der Waals surface area contributed by atoms with Crippen molar-refractivity contribution in [3.05, 3.63) is 35.9 Å². The summed E-state index contributed by atoms with van der Waals surface area (Å²) in [5.41, 5.74) is 0.652. The third kappa shape index (κ3) is 15.1. The number of likely N-dealkylation sites (tertiary alicyclic amines) is 1. The molecular weight excluding hydrogens is 791 g/mol. The normalized spacial score (nSPS) is 18.5. The van der Waals surface area contributed by atoms with Gasteiger partial charge in [0, 0.05) is 47.1 Å². The van der Waals surface area contributed by atoms with E-state index in [0.29, 0.717) is 31.4 Å². The van der Waals surface area contributed by atoms with Gasteiger partial charge in [0.1, 0.15) is 12.1 Å². The molecule has 61 heavy (non-hydrogen) atoms. The lowest BCUT2D eigenvalue weighted by molar-refractivity contribution is -0.167. The Balaban J connectivity index is 2.33. The van der Waals surface area contributed by atoms with Gasteiger partial charge in [-0.15, -0.1) is 0 Å². The summed E-state index contributed by atoms with van der Waals surface area (Å²) in [6.45, 7) is 13.6. The summed E-state index contributed by atoms with van der Waals surface area (Å²) in [5, 5.41) is 27.4. The number of rotatable bonds is 26. The van der Waals surface area contributed by atoms with Crippen LogP contribution in [0.5, 0.6) is 0 Å². The summed E-state index contributed by atoms with van der Waals surface area (Å²) >= 11 is 0. The zero-order chi connectivity index (χ0) is 46.1. The van der Waals surface area contributed by atoms with E-state index in [-0.39, 0.29) is 48.3 Å². The first-order chi connectivity index (χ1) is 28.7. The molecule has 1 aromatic rings. The fraction of sp³-hybridized carbons (Fsp3) is 0.705. The van der Waals surface area contributed by atoms with Gasteiger partial charge in [-0.1, -0.05) is 85.2 Å². The second-order valence-electron chi connectivity index (χ2n) is 16.8. The van der Waals surface area contributed by atoms with E-state index >= 15 is 0 Å². The van der Waals surface area contributed by atoms with Crippen LogP contribution in [-0.4, -0.2) is 145 Å². The van der Waals surface area contributed by atoms with Crippen molar-refractivity contribution in [2.75, 3.05) is 34.9 Å². The highest BCUT2D eigenvalue weighted by molar-refractivity contribution is 5.90. The minimum absolute atomic E-state index is 0.0103. The Morgan fingerprint density at radius 2 is 1.51 bits per heavy atom. The number of carboxylic acid groups (broad SMARTS) is 2. The zero-order valence-corrected chi connectivity index (χ0v) is 37.8. The predicted octanol–water partition coefficient (Wildman–Crippen LogP) is 2.88. The molecule has 1 fully saturated rings. The van der Waals surface area contributed by atoms with E-state index in [2.05, 4.69) is 16.0 Å². The Kier molecular flexibility index (Phi) is 21.8. The number of benzene rings is 1.